The van der Waals surface area contributed by atoms with Gasteiger partial charge in [0.1, 0.15) is 35.6 Å². The van der Waals surface area contributed by atoms with E-state index in [1.165, 1.54) is 16.7 Å². The van der Waals surface area contributed by atoms with Crippen molar-refractivity contribution in [3.05, 3.63) is 89.5 Å². The second kappa shape index (κ2) is 6.28. The van der Waals surface area contributed by atoms with Gasteiger partial charge < -0.3 is 14.2 Å². The molecule has 6 rings (SSSR count). The van der Waals surface area contributed by atoms with Crippen molar-refractivity contribution in [1.29, 1.82) is 0 Å². The van der Waals surface area contributed by atoms with Gasteiger partial charge >= 0.3 is 0 Å². The van der Waals surface area contributed by atoms with Crippen LogP contribution in [0.3, 0.4) is 0 Å². The number of fused-ring (bicyclic) bond motifs is 3. The van der Waals surface area contributed by atoms with Gasteiger partial charge in [0.15, 0.2) is 0 Å². The van der Waals surface area contributed by atoms with Crippen LogP contribution in [0, 0.1) is 0 Å². The molecule has 29 heavy (non-hydrogen) atoms. The molecule has 3 heterocycles. The fourth-order valence-electron chi connectivity index (χ4n) is 5.53. The molecular formula is C26H24O3. The predicted molar refractivity (Wildman–Crippen MR) is 112 cm³/mol. The minimum atomic E-state index is -0.0205. The molecule has 3 aliphatic heterocycles. The van der Waals surface area contributed by atoms with Crippen molar-refractivity contribution < 1.29 is 14.2 Å². The zero-order valence-electron chi connectivity index (χ0n) is 16.6. The average Bonchev–Trinajstić information content (AvgIpc) is 3.38. The Kier molecular flexibility index (Phi) is 3.67. The highest BCUT2D eigenvalue weighted by Gasteiger charge is 2.52. The molecule has 3 aromatic carbocycles. The number of para-hydroxylation sites is 3. The maximum Gasteiger partial charge on any atom is 0.123 e. The molecule has 0 radical (unpaired) electrons. The summed E-state index contributed by atoms with van der Waals surface area (Å²) < 4.78 is 19.4. The summed E-state index contributed by atoms with van der Waals surface area (Å²) in [7, 11) is 0. The molecule has 0 spiro atoms. The Morgan fingerprint density at radius 1 is 0.517 bits per heavy atom. The third kappa shape index (κ3) is 2.43. The molecule has 0 N–H and O–H groups in total. The van der Waals surface area contributed by atoms with Crippen molar-refractivity contribution in [3.8, 4) is 17.2 Å². The second-order valence-corrected chi connectivity index (χ2v) is 8.44. The largest absolute Gasteiger partial charge is 0.490 e. The standard InChI is InChI=1S/C26H24O3/c1-15-17-9-3-6-12-20(17)28-25(15)24-19-11-5-8-14-22(19)29-26(24)23-16(2)27-21-13-7-4-10-18(21)23/h3-16,23-26H,1-2H3. The lowest BCUT2D eigenvalue weighted by atomic mass is 9.76. The van der Waals surface area contributed by atoms with Gasteiger partial charge in [-0.25, -0.2) is 0 Å². The minimum Gasteiger partial charge on any atom is -0.490 e. The van der Waals surface area contributed by atoms with Crippen LogP contribution < -0.4 is 14.2 Å². The van der Waals surface area contributed by atoms with E-state index in [-0.39, 0.29) is 30.1 Å². The van der Waals surface area contributed by atoms with Crippen molar-refractivity contribution in [2.45, 2.75) is 49.9 Å². The number of rotatable bonds is 2. The molecule has 0 bridgehead atoms. The van der Waals surface area contributed by atoms with E-state index in [4.69, 9.17) is 14.2 Å². The first-order valence-corrected chi connectivity index (χ1v) is 10.5. The number of hydrogen-bond donors (Lipinski definition) is 0. The molecule has 3 heteroatoms. The molecular weight excluding hydrogens is 360 g/mol. The summed E-state index contributed by atoms with van der Waals surface area (Å²) in [5.74, 6) is 3.59. The first-order valence-electron chi connectivity index (χ1n) is 10.5. The van der Waals surface area contributed by atoms with Gasteiger partial charge in [-0.3, -0.25) is 0 Å². The molecule has 3 nitrogen and oxygen atoms in total. The SMILES string of the molecule is CC1Oc2ccccc2C1C1Oc2ccccc2C1C1Oc2ccccc2C1C. The van der Waals surface area contributed by atoms with Crippen molar-refractivity contribution in [3.63, 3.8) is 0 Å². The zero-order chi connectivity index (χ0) is 19.5. The highest BCUT2D eigenvalue weighted by Crippen LogP contribution is 2.54. The third-order valence-electron chi connectivity index (χ3n) is 6.87. The second-order valence-electron chi connectivity index (χ2n) is 8.44. The lowest BCUT2D eigenvalue weighted by Gasteiger charge is -2.32. The molecule has 6 atom stereocenters. The van der Waals surface area contributed by atoms with Crippen molar-refractivity contribution in [2.24, 2.45) is 0 Å². The Labute approximate surface area is 171 Å². The van der Waals surface area contributed by atoms with Gasteiger partial charge in [0.2, 0.25) is 0 Å². The fraction of sp³-hybridized carbons (Fsp3) is 0.308. The molecule has 3 aromatic rings. The predicted octanol–water partition coefficient (Wildman–Crippen LogP) is 5.66. The third-order valence-corrected chi connectivity index (χ3v) is 6.87. The maximum atomic E-state index is 6.63. The molecule has 0 amide bonds. The van der Waals surface area contributed by atoms with Gasteiger partial charge in [-0.05, 0) is 25.1 Å². The van der Waals surface area contributed by atoms with Gasteiger partial charge in [-0.2, -0.15) is 0 Å². The van der Waals surface area contributed by atoms with Crippen LogP contribution in [0.25, 0.3) is 0 Å². The molecule has 0 saturated carbocycles. The van der Waals surface area contributed by atoms with Gasteiger partial charge in [0, 0.05) is 22.6 Å². The van der Waals surface area contributed by atoms with Crippen LogP contribution in [0.1, 0.15) is 48.3 Å². The Morgan fingerprint density at radius 3 is 1.66 bits per heavy atom. The Balaban J connectivity index is 1.45. The first-order chi connectivity index (χ1) is 14.2. The smallest absolute Gasteiger partial charge is 0.123 e. The van der Waals surface area contributed by atoms with E-state index < -0.39 is 0 Å². The van der Waals surface area contributed by atoms with Crippen LogP contribution in [-0.4, -0.2) is 18.3 Å². The minimum absolute atomic E-state index is 0.0205. The Hall–Kier alpha value is -2.94. The quantitative estimate of drug-likeness (QED) is 0.570. The fourth-order valence-corrected chi connectivity index (χ4v) is 5.53. The van der Waals surface area contributed by atoms with E-state index in [1.807, 2.05) is 12.1 Å². The molecule has 6 unspecified atom stereocenters. The van der Waals surface area contributed by atoms with E-state index in [9.17, 15) is 0 Å². The Morgan fingerprint density at radius 2 is 1.00 bits per heavy atom. The van der Waals surface area contributed by atoms with E-state index in [0.29, 0.717) is 5.92 Å². The molecule has 0 aliphatic carbocycles. The topological polar surface area (TPSA) is 27.7 Å². The van der Waals surface area contributed by atoms with Crippen molar-refractivity contribution >= 4 is 0 Å². The summed E-state index contributed by atoms with van der Waals surface area (Å²) in [6.07, 6.45) is 0.0853. The van der Waals surface area contributed by atoms with Crippen LogP contribution >= 0.6 is 0 Å². The summed E-state index contributed by atoms with van der Waals surface area (Å²) in [4.78, 5) is 0. The normalized spacial score (nSPS) is 31.2. The average molecular weight is 384 g/mol. The van der Waals surface area contributed by atoms with Crippen LogP contribution in [0.2, 0.25) is 0 Å². The van der Waals surface area contributed by atoms with E-state index >= 15 is 0 Å². The van der Waals surface area contributed by atoms with E-state index in [1.54, 1.807) is 0 Å². The van der Waals surface area contributed by atoms with Gasteiger partial charge in [-0.15, -0.1) is 0 Å². The van der Waals surface area contributed by atoms with Crippen molar-refractivity contribution in [1.82, 2.24) is 0 Å². The van der Waals surface area contributed by atoms with Gasteiger partial charge in [0.25, 0.3) is 0 Å². The van der Waals surface area contributed by atoms with Crippen LogP contribution in [0.15, 0.2) is 72.8 Å². The lowest BCUT2D eigenvalue weighted by molar-refractivity contribution is 0.0686. The van der Waals surface area contributed by atoms with E-state index in [0.717, 1.165) is 17.2 Å². The molecule has 0 saturated heterocycles. The number of hydrogen-bond acceptors (Lipinski definition) is 3. The van der Waals surface area contributed by atoms with Gasteiger partial charge in [-0.1, -0.05) is 61.5 Å². The maximum absolute atomic E-state index is 6.63. The van der Waals surface area contributed by atoms with Crippen molar-refractivity contribution in [2.75, 3.05) is 0 Å². The number of benzene rings is 3. The zero-order valence-corrected chi connectivity index (χ0v) is 16.6. The van der Waals surface area contributed by atoms with E-state index in [2.05, 4.69) is 74.5 Å². The summed E-state index contributed by atoms with van der Waals surface area (Å²) >= 11 is 0. The molecule has 0 aromatic heterocycles. The lowest BCUT2D eigenvalue weighted by Crippen LogP contribution is -2.40. The summed E-state index contributed by atoms with van der Waals surface area (Å²) in [5.41, 5.74) is 3.78. The van der Waals surface area contributed by atoms with Crippen LogP contribution in [0.4, 0.5) is 0 Å². The number of ether oxygens (including phenoxy) is 3. The molecule has 146 valence electrons. The molecule has 0 fully saturated rings. The monoisotopic (exact) mass is 384 g/mol. The Bertz CT molecular complexity index is 1070. The van der Waals surface area contributed by atoms with Gasteiger partial charge in [0.05, 0.1) is 11.8 Å². The van der Waals surface area contributed by atoms with Crippen LogP contribution in [0.5, 0.6) is 17.2 Å². The summed E-state index contributed by atoms with van der Waals surface area (Å²) in [5, 5.41) is 0. The first kappa shape index (κ1) is 17.0. The highest BCUT2D eigenvalue weighted by atomic mass is 16.5. The molecule has 3 aliphatic rings. The summed E-state index contributed by atoms with van der Waals surface area (Å²) in [6.45, 7) is 4.43. The summed E-state index contributed by atoms with van der Waals surface area (Å²) in [6, 6.07) is 25.2. The van der Waals surface area contributed by atoms with Crippen LogP contribution in [-0.2, 0) is 0 Å². The highest BCUT2D eigenvalue weighted by molar-refractivity contribution is 5.50.